The average molecular weight is 242 g/mol. The van der Waals surface area contributed by atoms with Crippen LogP contribution in [0.1, 0.15) is 39.5 Å². The van der Waals surface area contributed by atoms with Gasteiger partial charge < -0.3 is 15.7 Å². The number of aliphatic hydroxyl groups excluding tert-OH is 1. The SMILES string of the molecule is CC(C)CNC(=O)CNC1CCCCC1CO. The summed E-state index contributed by atoms with van der Waals surface area (Å²) in [6.07, 6.45) is 4.54. The second-order valence-electron chi connectivity index (χ2n) is 5.41. The molecule has 0 radical (unpaired) electrons. The van der Waals surface area contributed by atoms with E-state index in [1.54, 1.807) is 0 Å². The Morgan fingerprint density at radius 1 is 1.35 bits per heavy atom. The molecule has 100 valence electrons. The van der Waals surface area contributed by atoms with E-state index >= 15 is 0 Å². The van der Waals surface area contributed by atoms with Crippen LogP contribution in [0, 0.1) is 11.8 Å². The molecule has 3 N–H and O–H groups in total. The maximum absolute atomic E-state index is 11.5. The first-order valence-electron chi connectivity index (χ1n) is 6.74. The third-order valence-corrected chi connectivity index (χ3v) is 3.38. The Bertz CT molecular complexity index is 231. The Morgan fingerprint density at radius 2 is 2.06 bits per heavy atom. The first-order valence-corrected chi connectivity index (χ1v) is 6.74. The molecule has 1 saturated carbocycles. The molecule has 1 aliphatic carbocycles. The van der Waals surface area contributed by atoms with Crippen LogP contribution in [0.5, 0.6) is 0 Å². The summed E-state index contributed by atoms with van der Waals surface area (Å²) in [7, 11) is 0. The lowest BCUT2D eigenvalue weighted by molar-refractivity contribution is -0.120. The largest absolute Gasteiger partial charge is 0.396 e. The number of aliphatic hydroxyl groups is 1. The van der Waals surface area contributed by atoms with Crippen LogP contribution in [0.15, 0.2) is 0 Å². The predicted octanol–water partition coefficient (Wildman–Crippen LogP) is 0.899. The second kappa shape index (κ2) is 7.67. The van der Waals surface area contributed by atoms with Crippen molar-refractivity contribution in [2.75, 3.05) is 19.7 Å². The number of carbonyl (C=O) groups is 1. The van der Waals surface area contributed by atoms with E-state index in [0.29, 0.717) is 24.4 Å². The van der Waals surface area contributed by atoms with Crippen molar-refractivity contribution in [2.24, 2.45) is 11.8 Å². The molecule has 0 saturated heterocycles. The van der Waals surface area contributed by atoms with Crippen molar-refractivity contribution in [1.29, 1.82) is 0 Å². The maximum atomic E-state index is 11.5. The van der Waals surface area contributed by atoms with Crippen LogP contribution in [-0.4, -0.2) is 36.8 Å². The van der Waals surface area contributed by atoms with Gasteiger partial charge in [0.1, 0.15) is 0 Å². The van der Waals surface area contributed by atoms with Crippen LogP contribution in [-0.2, 0) is 4.79 Å². The van der Waals surface area contributed by atoms with E-state index in [2.05, 4.69) is 24.5 Å². The maximum Gasteiger partial charge on any atom is 0.233 e. The summed E-state index contributed by atoms with van der Waals surface area (Å²) >= 11 is 0. The Kier molecular flexibility index (Phi) is 6.52. The Morgan fingerprint density at radius 3 is 2.71 bits per heavy atom. The zero-order valence-corrected chi connectivity index (χ0v) is 11.0. The number of amides is 1. The van der Waals surface area contributed by atoms with Crippen molar-refractivity contribution < 1.29 is 9.90 Å². The monoisotopic (exact) mass is 242 g/mol. The molecule has 2 atom stereocenters. The lowest BCUT2D eigenvalue weighted by atomic mass is 9.85. The Balaban J connectivity index is 2.21. The summed E-state index contributed by atoms with van der Waals surface area (Å²) in [6, 6.07) is 0.304. The molecular weight excluding hydrogens is 216 g/mol. The van der Waals surface area contributed by atoms with Gasteiger partial charge in [-0.05, 0) is 24.7 Å². The summed E-state index contributed by atoms with van der Waals surface area (Å²) in [5.41, 5.74) is 0. The van der Waals surface area contributed by atoms with Crippen LogP contribution in [0.4, 0.5) is 0 Å². The second-order valence-corrected chi connectivity index (χ2v) is 5.41. The van der Waals surface area contributed by atoms with E-state index in [1.165, 1.54) is 12.8 Å². The summed E-state index contributed by atoms with van der Waals surface area (Å²) in [5.74, 6) is 0.862. The molecule has 0 heterocycles. The zero-order chi connectivity index (χ0) is 12.7. The summed E-state index contributed by atoms with van der Waals surface area (Å²) in [6.45, 7) is 5.49. The normalized spacial score (nSPS) is 24.9. The molecule has 1 amide bonds. The summed E-state index contributed by atoms with van der Waals surface area (Å²) < 4.78 is 0. The first kappa shape index (κ1) is 14.5. The fraction of sp³-hybridized carbons (Fsp3) is 0.923. The van der Waals surface area contributed by atoms with Crippen LogP contribution < -0.4 is 10.6 Å². The lowest BCUT2D eigenvalue weighted by Crippen LogP contribution is -2.45. The Hall–Kier alpha value is -0.610. The minimum atomic E-state index is 0.0564. The molecule has 4 nitrogen and oxygen atoms in total. The average Bonchev–Trinajstić information content (AvgIpc) is 2.34. The first-order chi connectivity index (χ1) is 8.13. The summed E-state index contributed by atoms with van der Waals surface area (Å²) in [4.78, 5) is 11.5. The fourth-order valence-corrected chi connectivity index (χ4v) is 2.30. The molecule has 0 aliphatic heterocycles. The third kappa shape index (κ3) is 5.50. The molecule has 1 aliphatic rings. The standard InChI is InChI=1S/C13H26N2O2/c1-10(2)7-15-13(17)8-14-12-6-4-3-5-11(12)9-16/h10-12,14,16H,3-9H2,1-2H3,(H,15,17). The number of rotatable bonds is 6. The van der Waals surface area contributed by atoms with Gasteiger partial charge in [-0.15, -0.1) is 0 Å². The molecule has 0 spiro atoms. The minimum Gasteiger partial charge on any atom is -0.396 e. The Labute approximate surface area is 104 Å². The van der Waals surface area contributed by atoms with Gasteiger partial charge >= 0.3 is 0 Å². The van der Waals surface area contributed by atoms with Crippen molar-refractivity contribution in [3.8, 4) is 0 Å². The van der Waals surface area contributed by atoms with E-state index in [0.717, 1.165) is 19.4 Å². The van der Waals surface area contributed by atoms with Gasteiger partial charge in [-0.25, -0.2) is 0 Å². The number of carbonyl (C=O) groups excluding carboxylic acids is 1. The topological polar surface area (TPSA) is 61.4 Å². The molecule has 1 fully saturated rings. The highest BCUT2D eigenvalue weighted by atomic mass is 16.3. The van der Waals surface area contributed by atoms with E-state index in [4.69, 9.17) is 0 Å². The highest BCUT2D eigenvalue weighted by Gasteiger charge is 2.24. The van der Waals surface area contributed by atoms with E-state index in [1.807, 2.05) is 0 Å². The van der Waals surface area contributed by atoms with Crippen LogP contribution >= 0.6 is 0 Å². The minimum absolute atomic E-state index is 0.0564. The molecule has 0 aromatic rings. The molecule has 0 bridgehead atoms. The van der Waals surface area contributed by atoms with Crippen molar-refractivity contribution in [3.63, 3.8) is 0 Å². The van der Waals surface area contributed by atoms with Crippen molar-refractivity contribution in [3.05, 3.63) is 0 Å². The van der Waals surface area contributed by atoms with Crippen LogP contribution in [0.3, 0.4) is 0 Å². The third-order valence-electron chi connectivity index (χ3n) is 3.38. The van der Waals surface area contributed by atoms with Crippen molar-refractivity contribution in [1.82, 2.24) is 10.6 Å². The summed E-state index contributed by atoms with van der Waals surface area (Å²) in [5, 5.41) is 15.4. The smallest absolute Gasteiger partial charge is 0.233 e. The van der Waals surface area contributed by atoms with E-state index < -0.39 is 0 Å². The zero-order valence-electron chi connectivity index (χ0n) is 11.0. The highest BCUT2D eigenvalue weighted by Crippen LogP contribution is 2.23. The number of hydrogen-bond donors (Lipinski definition) is 3. The predicted molar refractivity (Wildman–Crippen MR) is 68.7 cm³/mol. The molecule has 4 heteroatoms. The van der Waals surface area contributed by atoms with Gasteiger partial charge in [0, 0.05) is 19.2 Å². The van der Waals surface area contributed by atoms with Gasteiger partial charge in [0.15, 0.2) is 0 Å². The van der Waals surface area contributed by atoms with Crippen molar-refractivity contribution in [2.45, 2.75) is 45.6 Å². The highest BCUT2D eigenvalue weighted by molar-refractivity contribution is 5.77. The van der Waals surface area contributed by atoms with Gasteiger partial charge in [0.05, 0.1) is 6.54 Å². The van der Waals surface area contributed by atoms with Gasteiger partial charge in [0.25, 0.3) is 0 Å². The quantitative estimate of drug-likeness (QED) is 0.648. The van der Waals surface area contributed by atoms with Gasteiger partial charge in [-0.1, -0.05) is 26.7 Å². The van der Waals surface area contributed by atoms with Gasteiger partial charge in [-0.3, -0.25) is 4.79 Å². The van der Waals surface area contributed by atoms with E-state index in [-0.39, 0.29) is 12.5 Å². The van der Waals surface area contributed by atoms with Crippen molar-refractivity contribution >= 4 is 5.91 Å². The number of hydrogen-bond acceptors (Lipinski definition) is 3. The lowest BCUT2D eigenvalue weighted by Gasteiger charge is -2.30. The molecule has 17 heavy (non-hydrogen) atoms. The number of nitrogens with one attached hydrogen (secondary N) is 2. The van der Waals surface area contributed by atoms with Gasteiger partial charge in [-0.2, -0.15) is 0 Å². The molecule has 2 unspecified atom stereocenters. The van der Waals surface area contributed by atoms with E-state index in [9.17, 15) is 9.90 Å². The van der Waals surface area contributed by atoms with Gasteiger partial charge in [0.2, 0.25) is 5.91 Å². The van der Waals surface area contributed by atoms with Crippen LogP contribution in [0.25, 0.3) is 0 Å². The molecule has 1 rings (SSSR count). The molecule has 0 aromatic heterocycles. The van der Waals surface area contributed by atoms with Crippen LogP contribution in [0.2, 0.25) is 0 Å². The molecule has 0 aromatic carbocycles. The fourth-order valence-electron chi connectivity index (χ4n) is 2.30. The molecular formula is C13H26N2O2.